The van der Waals surface area contributed by atoms with Gasteiger partial charge in [-0.05, 0) is 51.6 Å². The lowest BCUT2D eigenvalue weighted by Crippen LogP contribution is -2.41. The average molecular weight is 300 g/mol. The van der Waals surface area contributed by atoms with Gasteiger partial charge in [-0.3, -0.25) is 0 Å². The molecule has 118 valence electrons. The molecule has 1 aromatic rings. The predicted octanol–water partition coefficient (Wildman–Crippen LogP) is 4.10. The molecule has 0 aliphatic carbocycles. The Morgan fingerprint density at radius 3 is 2.27 bits per heavy atom. The minimum absolute atomic E-state index is 0.0778. The molecule has 0 radical (unpaired) electrons. The molecule has 2 heterocycles. The van der Waals surface area contributed by atoms with Crippen molar-refractivity contribution in [3.05, 3.63) is 47.4 Å². The summed E-state index contributed by atoms with van der Waals surface area (Å²) in [7, 11) is -0.266. The standard InChI is InChI=1S/C18H25BO3/c1-17(2)18(3,4)22-19(21-17)15-11-8-12-20-16(13-15)14-9-6-5-7-10-14/h5-7,9-11,16H,8,12-13H2,1-4H3. The summed E-state index contributed by atoms with van der Waals surface area (Å²) >= 11 is 0. The van der Waals surface area contributed by atoms with E-state index in [0.29, 0.717) is 0 Å². The van der Waals surface area contributed by atoms with E-state index >= 15 is 0 Å². The van der Waals surface area contributed by atoms with E-state index in [1.807, 2.05) is 6.07 Å². The molecule has 0 saturated carbocycles. The Hall–Kier alpha value is -1.10. The first kappa shape index (κ1) is 15.8. The Labute approximate surface area is 133 Å². The first-order valence-corrected chi connectivity index (χ1v) is 8.10. The van der Waals surface area contributed by atoms with Gasteiger partial charge in [0.1, 0.15) is 0 Å². The molecular formula is C18H25BO3. The Kier molecular flexibility index (Phi) is 4.19. The third kappa shape index (κ3) is 3.01. The summed E-state index contributed by atoms with van der Waals surface area (Å²) in [6.45, 7) is 9.11. The Balaban J connectivity index is 1.78. The molecule has 22 heavy (non-hydrogen) atoms. The van der Waals surface area contributed by atoms with E-state index < -0.39 is 0 Å². The number of hydrogen-bond acceptors (Lipinski definition) is 3. The summed E-state index contributed by atoms with van der Waals surface area (Å²) in [5, 5.41) is 0. The van der Waals surface area contributed by atoms with E-state index in [1.165, 1.54) is 11.0 Å². The second-order valence-electron chi connectivity index (χ2n) is 7.13. The lowest BCUT2D eigenvalue weighted by atomic mass is 9.74. The summed E-state index contributed by atoms with van der Waals surface area (Å²) in [5.74, 6) is 0. The van der Waals surface area contributed by atoms with Gasteiger partial charge in [-0.25, -0.2) is 0 Å². The fourth-order valence-corrected chi connectivity index (χ4v) is 2.88. The molecule has 0 aromatic heterocycles. The summed E-state index contributed by atoms with van der Waals surface area (Å²) in [5.41, 5.74) is 1.82. The third-order valence-electron chi connectivity index (χ3n) is 4.99. The summed E-state index contributed by atoms with van der Waals surface area (Å²) in [6, 6.07) is 10.4. The van der Waals surface area contributed by atoms with Crippen LogP contribution in [-0.4, -0.2) is 24.9 Å². The van der Waals surface area contributed by atoms with Crippen LogP contribution >= 0.6 is 0 Å². The average Bonchev–Trinajstić information content (AvgIpc) is 2.66. The third-order valence-corrected chi connectivity index (χ3v) is 4.99. The van der Waals surface area contributed by atoms with E-state index in [9.17, 15) is 0 Å². The molecule has 2 aliphatic rings. The zero-order valence-corrected chi connectivity index (χ0v) is 14.0. The van der Waals surface area contributed by atoms with E-state index in [0.717, 1.165) is 19.4 Å². The van der Waals surface area contributed by atoms with Crippen LogP contribution in [0.2, 0.25) is 0 Å². The number of rotatable bonds is 2. The second kappa shape index (κ2) is 5.84. The van der Waals surface area contributed by atoms with Crippen molar-refractivity contribution in [1.82, 2.24) is 0 Å². The molecule has 0 bridgehead atoms. The van der Waals surface area contributed by atoms with Crippen molar-refractivity contribution in [3.8, 4) is 0 Å². The van der Waals surface area contributed by atoms with Gasteiger partial charge < -0.3 is 14.0 Å². The highest BCUT2D eigenvalue weighted by molar-refractivity contribution is 6.54. The second-order valence-corrected chi connectivity index (χ2v) is 7.13. The first-order valence-electron chi connectivity index (χ1n) is 8.10. The van der Waals surface area contributed by atoms with Crippen LogP contribution in [0.1, 0.15) is 52.2 Å². The van der Waals surface area contributed by atoms with Crippen LogP contribution in [0.4, 0.5) is 0 Å². The lowest BCUT2D eigenvalue weighted by molar-refractivity contribution is 0.00578. The molecule has 1 atom stereocenters. The molecule has 3 nitrogen and oxygen atoms in total. The molecule has 2 aliphatic heterocycles. The summed E-state index contributed by atoms with van der Waals surface area (Å²) in [4.78, 5) is 0. The highest BCUT2D eigenvalue weighted by atomic mass is 16.7. The fourth-order valence-electron chi connectivity index (χ4n) is 2.88. The minimum atomic E-state index is -0.298. The van der Waals surface area contributed by atoms with Crippen molar-refractivity contribution in [2.75, 3.05) is 6.61 Å². The minimum Gasteiger partial charge on any atom is -0.400 e. The van der Waals surface area contributed by atoms with E-state index in [4.69, 9.17) is 14.0 Å². The molecule has 3 rings (SSSR count). The maximum atomic E-state index is 6.20. The van der Waals surface area contributed by atoms with Crippen molar-refractivity contribution in [3.63, 3.8) is 0 Å². The van der Waals surface area contributed by atoms with Crippen LogP contribution in [-0.2, 0) is 14.0 Å². The maximum Gasteiger partial charge on any atom is 0.490 e. The summed E-state index contributed by atoms with van der Waals surface area (Å²) in [6.07, 6.45) is 4.03. The molecule has 0 amide bonds. The van der Waals surface area contributed by atoms with Gasteiger partial charge in [0.2, 0.25) is 0 Å². The van der Waals surface area contributed by atoms with Crippen LogP contribution in [0.25, 0.3) is 0 Å². The van der Waals surface area contributed by atoms with Crippen LogP contribution in [0, 0.1) is 0 Å². The Morgan fingerprint density at radius 2 is 1.64 bits per heavy atom. The largest absolute Gasteiger partial charge is 0.490 e. The van der Waals surface area contributed by atoms with Gasteiger partial charge in [-0.1, -0.05) is 36.4 Å². The van der Waals surface area contributed by atoms with Crippen molar-refractivity contribution in [1.29, 1.82) is 0 Å². The quantitative estimate of drug-likeness (QED) is 0.770. The molecule has 0 N–H and O–H groups in total. The zero-order chi connectivity index (χ0) is 15.8. The van der Waals surface area contributed by atoms with Crippen molar-refractivity contribution in [2.24, 2.45) is 0 Å². The molecule has 1 saturated heterocycles. The topological polar surface area (TPSA) is 27.7 Å². The van der Waals surface area contributed by atoms with Crippen LogP contribution < -0.4 is 0 Å². The molecule has 4 heteroatoms. The van der Waals surface area contributed by atoms with Crippen LogP contribution in [0.3, 0.4) is 0 Å². The normalized spacial score (nSPS) is 27.4. The molecule has 1 fully saturated rings. The summed E-state index contributed by atoms with van der Waals surface area (Å²) < 4.78 is 18.4. The van der Waals surface area contributed by atoms with Gasteiger partial charge in [0, 0.05) is 0 Å². The highest BCUT2D eigenvalue weighted by Gasteiger charge is 2.52. The zero-order valence-electron chi connectivity index (χ0n) is 14.0. The van der Waals surface area contributed by atoms with Gasteiger partial charge in [0.25, 0.3) is 0 Å². The Bertz CT molecular complexity index is 535. The fraction of sp³-hybridized carbons (Fsp3) is 0.556. The van der Waals surface area contributed by atoms with Gasteiger partial charge in [-0.2, -0.15) is 0 Å². The van der Waals surface area contributed by atoms with Gasteiger partial charge in [-0.15, -0.1) is 0 Å². The number of ether oxygens (including phenoxy) is 1. The van der Waals surface area contributed by atoms with Gasteiger partial charge >= 0.3 is 7.12 Å². The van der Waals surface area contributed by atoms with Crippen molar-refractivity contribution in [2.45, 2.75) is 57.8 Å². The van der Waals surface area contributed by atoms with Crippen LogP contribution in [0.15, 0.2) is 41.9 Å². The maximum absolute atomic E-state index is 6.20. The molecular weight excluding hydrogens is 275 g/mol. The van der Waals surface area contributed by atoms with Crippen molar-refractivity contribution >= 4 is 7.12 Å². The number of benzene rings is 1. The van der Waals surface area contributed by atoms with E-state index in [1.54, 1.807) is 0 Å². The lowest BCUT2D eigenvalue weighted by Gasteiger charge is -2.32. The molecule has 1 unspecified atom stereocenters. The van der Waals surface area contributed by atoms with Crippen LogP contribution in [0.5, 0.6) is 0 Å². The number of hydrogen-bond donors (Lipinski definition) is 0. The van der Waals surface area contributed by atoms with Gasteiger partial charge in [0.05, 0.1) is 23.9 Å². The smallest absolute Gasteiger partial charge is 0.400 e. The van der Waals surface area contributed by atoms with Gasteiger partial charge in [0.15, 0.2) is 0 Å². The molecule has 0 spiro atoms. The first-order chi connectivity index (χ1) is 10.4. The monoisotopic (exact) mass is 300 g/mol. The SMILES string of the molecule is CC1(C)OB(C2=CCCOC(c3ccccc3)C2)OC1(C)C. The highest BCUT2D eigenvalue weighted by Crippen LogP contribution is 2.41. The molecule has 1 aromatic carbocycles. The predicted molar refractivity (Wildman–Crippen MR) is 88.5 cm³/mol. The van der Waals surface area contributed by atoms with E-state index in [-0.39, 0.29) is 24.4 Å². The Morgan fingerprint density at radius 1 is 1.00 bits per heavy atom. The van der Waals surface area contributed by atoms with E-state index in [2.05, 4.69) is 58.0 Å². The van der Waals surface area contributed by atoms with Crippen molar-refractivity contribution < 1.29 is 14.0 Å².